The van der Waals surface area contributed by atoms with Crippen molar-refractivity contribution in [3.63, 3.8) is 0 Å². The summed E-state index contributed by atoms with van der Waals surface area (Å²) in [7, 11) is 0. The Morgan fingerprint density at radius 2 is 2.04 bits per heavy atom. The third-order valence-corrected chi connectivity index (χ3v) is 3.86. The monoisotopic (exact) mass is 327 g/mol. The molecule has 0 aliphatic carbocycles. The summed E-state index contributed by atoms with van der Waals surface area (Å²) in [5.74, 6) is 1.25. The lowest BCUT2D eigenvalue weighted by molar-refractivity contribution is 0.0679. The molecule has 6 heteroatoms. The molecule has 24 heavy (non-hydrogen) atoms. The summed E-state index contributed by atoms with van der Waals surface area (Å²) in [4.78, 5) is 20.4. The molecule has 1 aromatic heterocycles. The predicted molar refractivity (Wildman–Crippen MR) is 90.3 cm³/mol. The largest absolute Gasteiger partial charge is 0.491 e. The van der Waals surface area contributed by atoms with Crippen molar-refractivity contribution in [1.29, 1.82) is 0 Å². The Balaban J connectivity index is 1.53. The number of ether oxygens (including phenoxy) is 2. The number of carbonyl (C=O) groups excluding carboxylic acids is 1. The van der Waals surface area contributed by atoms with Crippen molar-refractivity contribution in [3.05, 3.63) is 48.0 Å². The first-order valence-electron chi connectivity index (χ1n) is 8.21. The van der Waals surface area contributed by atoms with Gasteiger partial charge in [0.05, 0.1) is 11.7 Å². The van der Waals surface area contributed by atoms with Crippen molar-refractivity contribution in [2.75, 3.05) is 18.5 Å². The summed E-state index contributed by atoms with van der Waals surface area (Å²) >= 11 is 0. The zero-order chi connectivity index (χ0) is 16.8. The molecule has 1 aliphatic rings. The van der Waals surface area contributed by atoms with Gasteiger partial charge in [-0.25, -0.2) is 9.97 Å². The molecule has 2 heterocycles. The third-order valence-electron chi connectivity index (χ3n) is 3.86. The van der Waals surface area contributed by atoms with Gasteiger partial charge in [0.15, 0.2) is 0 Å². The van der Waals surface area contributed by atoms with Crippen molar-refractivity contribution in [1.82, 2.24) is 9.97 Å². The molecule has 1 aliphatic heterocycles. The lowest BCUT2D eigenvalue weighted by Crippen LogP contribution is -2.16. The number of hydrogen-bond acceptors (Lipinski definition) is 5. The Hall–Kier alpha value is -2.47. The molecule has 1 atom stereocenters. The molecule has 1 N–H and O–H groups in total. The van der Waals surface area contributed by atoms with Gasteiger partial charge in [-0.15, -0.1) is 0 Å². The number of carbonyl (C=O) groups is 1. The first kappa shape index (κ1) is 16.4. The van der Waals surface area contributed by atoms with Gasteiger partial charge in [-0.1, -0.05) is 6.92 Å². The van der Waals surface area contributed by atoms with Gasteiger partial charge in [-0.05, 0) is 37.1 Å². The van der Waals surface area contributed by atoms with Crippen LogP contribution in [0.2, 0.25) is 0 Å². The van der Waals surface area contributed by atoms with E-state index in [4.69, 9.17) is 9.47 Å². The van der Waals surface area contributed by atoms with E-state index in [1.165, 1.54) is 0 Å². The first-order valence-corrected chi connectivity index (χ1v) is 8.21. The summed E-state index contributed by atoms with van der Waals surface area (Å²) in [6.45, 7) is 3.35. The quantitative estimate of drug-likeness (QED) is 0.883. The number of benzene rings is 1. The third kappa shape index (κ3) is 4.29. The van der Waals surface area contributed by atoms with Gasteiger partial charge in [0.25, 0.3) is 5.91 Å². The molecule has 6 nitrogen and oxygen atoms in total. The maximum absolute atomic E-state index is 12.2. The Bertz CT molecular complexity index is 665. The van der Waals surface area contributed by atoms with E-state index >= 15 is 0 Å². The van der Waals surface area contributed by atoms with Crippen LogP contribution in [0.4, 0.5) is 5.69 Å². The number of amides is 1. The summed E-state index contributed by atoms with van der Waals surface area (Å²) < 4.78 is 11.2. The molecular weight excluding hydrogens is 306 g/mol. The second kappa shape index (κ2) is 7.88. The van der Waals surface area contributed by atoms with E-state index < -0.39 is 0 Å². The van der Waals surface area contributed by atoms with Crippen molar-refractivity contribution in [2.45, 2.75) is 32.3 Å². The van der Waals surface area contributed by atoms with Crippen LogP contribution in [0.25, 0.3) is 0 Å². The summed E-state index contributed by atoms with van der Waals surface area (Å²) in [6, 6.07) is 7.29. The minimum Gasteiger partial charge on any atom is -0.491 e. The van der Waals surface area contributed by atoms with Crippen LogP contribution in [-0.4, -0.2) is 35.2 Å². The number of aryl methyl sites for hydroxylation is 1. The summed E-state index contributed by atoms with van der Waals surface area (Å²) in [5, 5.41) is 2.82. The number of aromatic nitrogens is 2. The number of anilines is 1. The Labute approximate surface area is 141 Å². The van der Waals surface area contributed by atoms with Gasteiger partial charge in [0.2, 0.25) is 0 Å². The highest BCUT2D eigenvalue weighted by Crippen LogP contribution is 2.18. The number of rotatable bonds is 6. The molecule has 2 aromatic rings. The molecule has 1 unspecified atom stereocenters. The standard InChI is InChI=1S/C18H21N3O3/c1-2-17-19-10-13(11-20-17)18(22)21-14-5-7-15(8-6-14)24-12-16-4-3-9-23-16/h5-8,10-11,16H,2-4,9,12H2,1H3,(H,21,22). The van der Waals surface area contributed by atoms with Crippen molar-refractivity contribution < 1.29 is 14.3 Å². The fraction of sp³-hybridized carbons (Fsp3) is 0.389. The predicted octanol–water partition coefficient (Wildman–Crippen LogP) is 2.85. The molecule has 1 saturated heterocycles. The van der Waals surface area contributed by atoms with Crippen LogP contribution < -0.4 is 10.1 Å². The van der Waals surface area contributed by atoms with E-state index in [2.05, 4.69) is 15.3 Å². The van der Waals surface area contributed by atoms with Crippen molar-refractivity contribution in [3.8, 4) is 5.75 Å². The lowest BCUT2D eigenvalue weighted by atomic mass is 10.2. The van der Waals surface area contributed by atoms with E-state index in [-0.39, 0.29) is 12.0 Å². The Morgan fingerprint density at radius 3 is 2.67 bits per heavy atom. The minimum absolute atomic E-state index is 0.190. The average Bonchev–Trinajstić information content (AvgIpc) is 3.15. The minimum atomic E-state index is -0.231. The van der Waals surface area contributed by atoms with Crippen LogP contribution in [-0.2, 0) is 11.2 Å². The van der Waals surface area contributed by atoms with Crippen LogP contribution in [0.15, 0.2) is 36.7 Å². The van der Waals surface area contributed by atoms with Crippen LogP contribution in [0.5, 0.6) is 5.75 Å². The van der Waals surface area contributed by atoms with Gasteiger partial charge in [-0.3, -0.25) is 4.79 Å². The summed E-state index contributed by atoms with van der Waals surface area (Å²) in [5.41, 5.74) is 1.13. The first-order chi connectivity index (χ1) is 11.7. The van der Waals surface area contributed by atoms with Crippen molar-refractivity contribution >= 4 is 11.6 Å². The molecule has 126 valence electrons. The fourth-order valence-electron chi connectivity index (χ4n) is 2.46. The number of hydrogen-bond donors (Lipinski definition) is 1. The molecule has 0 spiro atoms. The number of nitrogens with zero attached hydrogens (tertiary/aromatic N) is 2. The van der Waals surface area contributed by atoms with Gasteiger partial charge in [0, 0.05) is 31.1 Å². The van der Waals surface area contributed by atoms with Crippen LogP contribution >= 0.6 is 0 Å². The fourth-order valence-corrected chi connectivity index (χ4v) is 2.46. The molecular formula is C18H21N3O3. The zero-order valence-corrected chi connectivity index (χ0v) is 13.7. The Morgan fingerprint density at radius 1 is 1.29 bits per heavy atom. The highest BCUT2D eigenvalue weighted by molar-refractivity contribution is 6.03. The van der Waals surface area contributed by atoms with E-state index in [9.17, 15) is 4.79 Å². The molecule has 0 bridgehead atoms. The molecule has 1 amide bonds. The van der Waals surface area contributed by atoms with Gasteiger partial charge >= 0.3 is 0 Å². The second-order valence-electron chi connectivity index (χ2n) is 5.67. The van der Waals surface area contributed by atoms with Gasteiger partial charge < -0.3 is 14.8 Å². The summed E-state index contributed by atoms with van der Waals surface area (Å²) in [6.07, 6.45) is 6.17. The average molecular weight is 327 g/mol. The zero-order valence-electron chi connectivity index (χ0n) is 13.7. The molecule has 1 fully saturated rings. The number of nitrogens with one attached hydrogen (secondary N) is 1. The van der Waals surface area contributed by atoms with Gasteiger partial charge in [-0.2, -0.15) is 0 Å². The lowest BCUT2D eigenvalue weighted by Gasteiger charge is -2.12. The van der Waals surface area contributed by atoms with Crippen LogP contribution in [0.1, 0.15) is 35.9 Å². The molecule has 3 rings (SSSR count). The highest BCUT2D eigenvalue weighted by atomic mass is 16.5. The van der Waals surface area contributed by atoms with E-state index in [1.54, 1.807) is 12.4 Å². The normalized spacial score (nSPS) is 16.8. The van der Waals surface area contributed by atoms with Gasteiger partial charge in [0.1, 0.15) is 18.2 Å². The molecule has 0 radical (unpaired) electrons. The Kier molecular flexibility index (Phi) is 5.38. The molecule has 1 aromatic carbocycles. The topological polar surface area (TPSA) is 73.3 Å². The smallest absolute Gasteiger partial charge is 0.258 e. The second-order valence-corrected chi connectivity index (χ2v) is 5.67. The highest BCUT2D eigenvalue weighted by Gasteiger charge is 2.16. The van der Waals surface area contributed by atoms with Crippen LogP contribution in [0.3, 0.4) is 0 Å². The van der Waals surface area contributed by atoms with E-state index in [1.807, 2.05) is 31.2 Å². The molecule has 0 saturated carbocycles. The van der Waals surface area contributed by atoms with E-state index in [0.717, 1.165) is 37.4 Å². The van der Waals surface area contributed by atoms with E-state index in [0.29, 0.717) is 17.9 Å². The van der Waals surface area contributed by atoms with Crippen molar-refractivity contribution in [2.24, 2.45) is 0 Å². The SMILES string of the molecule is CCc1ncc(C(=O)Nc2ccc(OCC3CCCO3)cc2)cn1. The maximum atomic E-state index is 12.2. The van der Waals surface area contributed by atoms with Crippen LogP contribution in [0, 0.1) is 0 Å². The maximum Gasteiger partial charge on any atom is 0.258 e.